The smallest absolute Gasteiger partial charge is 0.234 e. The molecule has 21 heavy (non-hydrogen) atoms. The molecule has 0 bridgehead atoms. The average Bonchev–Trinajstić information content (AvgIpc) is 2.42. The molecule has 0 aliphatic heterocycles. The third-order valence-corrected chi connectivity index (χ3v) is 5.22. The van der Waals surface area contributed by atoms with Gasteiger partial charge in [0.2, 0.25) is 5.91 Å². The SMILES string of the molecule is Cc1cc(C)c(NC(=O)CSc2ccccc2Br)c(Cl)c1. The van der Waals surface area contributed by atoms with E-state index in [0.29, 0.717) is 16.5 Å². The number of halogens is 2. The molecular formula is C16H15BrClNOS. The number of aryl methyl sites for hydroxylation is 2. The first kappa shape index (κ1) is 16.4. The van der Waals surface area contributed by atoms with Gasteiger partial charge >= 0.3 is 0 Å². The lowest BCUT2D eigenvalue weighted by Crippen LogP contribution is -2.15. The summed E-state index contributed by atoms with van der Waals surface area (Å²) in [5.41, 5.74) is 2.75. The number of anilines is 1. The predicted molar refractivity (Wildman–Crippen MR) is 94.4 cm³/mol. The van der Waals surface area contributed by atoms with Gasteiger partial charge in [0, 0.05) is 9.37 Å². The molecule has 0 spiro atoms. The lowest BCUT2D eigenvalue weighted by Gasteiger charge is -2.11. The van der Waals surface area contributed by atoms with Crippen molar-refractivity contribution in [3.63, 3.8) is 0 Å². The molecule has 1 amide bonds. The van der Waals surface area contributed by atoms with Crippen LogP contribution in [0.15, 0.2) is 45.8 Å². The van der Waals surface area contributed by atoms with E-state index in [0.717, 1.165) is 20.5 Å². The largest absolute Gasteiger partial charge is 0.324 e. The van der Waals surface area contributed by atoms with Crippen molar-refractivity contribution in [3.05, 3.63) is 57.0 Å². The summed E-state index contributed by atoms with van der Waals surface area (Å²) in [5, 5.41) is 3.46. The average molecular weight is 385 g/mol. The van der Waals surface area contributed by atoms with E-state index in [1.54, 1.807) is 0 Å². The first-order valence-electron chi connectivity index (χ1n) is 6.41. The van der Waals surface area contributed by atoms with Crippen molar-refractivity contribution in [2.24, 2.45) is 0 Å². The fourth-order valence-electron chi connectivity index (χ4n) is 1.95. The summed E-state index contributed by atoms with van der Waals surface area (Å²) in [5.74, 6) is 0.274. The number of thioether (sulfide) groups is 1. The summed E-state index contributed by atoms with van der Waals surface area (Å²) < 4.78 is 0.993. The Kier molecular flexibility index (Phi) is 5.73. The highest BCUT2D eigenvalue weighted by Crippen LogP contribution is 2.29. The third-order valence-electron chi connectivity index (χ3n) is 2.89. The van der Waals surface area contributed by atoms with E-state index in [2.05, 4.69) is 21.2 Å². The number of hydrogen-bond donors (Lipinski definition) is 1. The second-order valence-corrected chi connectivity index (χ2v) is 6.98. The topological polar surface area (TPSA) is 29.1 Å². The van der Waals surface area contributed by atoms with Gasteiger partial charge in [0.25, 0.3) is 0 Å². The van der Waals surface area contributed by atoms with E-state index in [4.69, 9.17) is 11.6 Å². The predicted octanol–water partition coefficient (Wildman–Crippen LogP) is 5.45. The molecule has 0 atom stereocenters. The Morgan fingerprint density at radius 1 is 1.29 bits per heavy atom. The molecule has 0 saturated heterocycles. The van der Waals surface area contributed by atoms with Crippen LogP contribution in [0.1, 0.15) is 11.1 Å². The molecule has 2 rings (SSSR count). The van der Waals surface area contributed by atoms with Gasteiger partial charge in [-0.1, -0.05) is 29.8 Å². The van der Waals surface area contributed by atoms with Crippen molar-refractivity contribution in [2.45, 2.75) is 18.7 Å². The van der Waals surface area contributed by atoms with Gasteiger partial charge in [-0.15, -0.1) is 11.8 Å². The number of nitrogens with one attached hydrogen (secondary N) is 1. The molecule has 0 radical (unpaired) electrons. The van der Waals surface area contributed by atoms with Crippen molar-refractivity contribution in [1.82, 2.24) is 0 Å². The second-order valence-electron chi connectivity index (χ2n) is 4.71. The van der Waals surface area contributed by atoms with Crippen LogP contribution >= 0.6 is 39.3 Å². The van der Waals surface area contributed by atoms with E-state index in [1.807, 2.05) is 50.2 Å². The second kappa shape index (κ2) is 7.34. The monoisotopic (exact) mass is 383 g/mol. The minimum atomic E-state index is -0.0652. The molecule has 0 heterocycles. The van der Waals surface area contributed by atoms with Gasteiger partial charge in [-0.25, -0.2) is 0 Å². The minimum Gasteiger partial charge on any atom is -0.324 e. The van der Waals surface area contributed by atoms with Crippen LogP contribution in [0.4, 0.5) is 5.69 Å². The Morgan fingerprint density at radius 3 is 2.67 bits per heavy atom. The molecule has 2 aromatic rings. The van der Waals surface area contributed by atoms with Gasteiger partial charge in [0.15, 0.2) is 0 Å². The number of carbonyl (C=O) groups is 1. The first-order chi connectivity index (χ1) is 9.97. The highest BCUT2D eigenvalue weighted by Gasteiger charge is 2.10. The van der Waals surface area contributed by atoms with Gasteiger partial charge in [-0.2, -0.15) is 0 Å². The molecule has 0 unspecified atom stereocenters. The standard InChI is InChI=1S/C16H15BrClNOS/c1-10-7-11(2)16(13(18)8-10)19-15(20)9-21-14-6-4-3-5-12(14)17/h3-8H,9H2,1-2H3,(H,19,20). The van der Waals surface area contributed by atoms with Crippen LogP contribution in [0.5, 0.6) is 0 Å². The minimum absolute atomic E-state index is 0.0652. The van der Waals surface area contributed by atoms with Crippen molar-refractivity contribution >= 4 is 50.9 Å². The third kappa shape index (κ3) is 4.50. The lowest BCUT2D eigenvalue weighted by atomic mass is 10.1. The van der Waals surface area contributed by atoms with Gasteiger partial charge in [-0.05, 0) is 59.1 Å². The van der Waals surface area contributed by atoms with Gasteiger partial charge < -0.3 is 5.32 Å². The Morgan fingerprint density at radius 2 is 2.00 bits per heavy atom. The Hall–Kier alpha value is -0.970. The quantitative estimate of drug-likeness (QED) is 0.710. The molecule has 0 aliphatic carbocycles. The van der Waals surface area contributed by atoms with E-state index < -0.39 is 0 Å². The number of carbonyl (C=O) groups excluding carboxylic acids is 1. The van der Waals surface area contributed by atoms with Crippen LogP contribution in [0.3, 0.4) is 0 Å². The molecule has 0 fully saturated rings. The van der Waals surface area contributed by atoms with Crippen LogP contribution in [-0.4, -0.2) is 11.7 Å². The summed E-state index contributed by atoms with van der Waals surface area (Å²) in [6.45, 7) is 3.92. The maximum atomic E-state index is 12.1. The maximum Gasteiger partial charge on any atom is 0.234 e. The van der Waals surface area contributed by atoms with E-state index in [-0.39, 0.29) is 5.91 Å². The molecular weight excluding hydrogens is 370 g/mol. The Labute approximate surface area is 142 Å². The fourth-order valence-corrected chi connectivity index (χ4v) is 3.69. The normalized spacial score (nSPS) is 10.5. The van der Waals surface area contributed by atoms with Crippen LogP contribution in [0, 0.1) is 13.8 Å². The van der Waals surface area contributed by atoms with Crippen molar-refractivity contribution in [2.75, 3.05) is 11.1 Å². The molecule has 0 aromatic heterocycles. The van der Waals surface area contributed by atoms with Crippen LogP contribution < -0.4 is 5.32 Å². The van der Waals surface area contributed by atoms with Crippen molar-refractivity contribution in [1.29, 1.82) is 0 Å². The maximum absolute atomic E-state index is 12.1. The van der Waals surface area contributed by atoms with E-state index >= 15 is 0 Å². The molecule has 110 valence electrons. The molecule has 1 N–H and O–H groups in total. The van der Waals surface area contributed by atoms with Crippen molar-refractivity contribution in [3.8, 4) is 0 Å². The molecule has 0 saturated carbocycles. The van der Waals surface area contributed by atoms with Gasteiger partial charge in [0.1, 0.15) is 0 Å². The zero-order valence-corrected chi connectivity index (χ0v) is 14.9. The summed E-state index contributed by atoms with van der Waals surface area (Å²) >= 11 is 11.2. The Balaban J connectivity index is 2.01. The van der Waals surface area contributed by atoms with Crippen LogP contribution in [-0.2, 0) is 4.79 Å². The molecule has 5 heteroatoms. The summed E-state index contributed by atoms with van der Waals surface area (Å²) in [7, 11) is 0. The number of benzene rings is 2. The molecule has 0 aliphatic rings. The van der Waals surface area contributed by atoms with Gasteiger partial charge in [0.05, 0.1) is 16.5 Å². The lowest BCUT2D eigenvalue weighted by molar-refractivity contribution is -0.113. The summed E-state index contributed by atoms with van der Waals surface area (Å²) in [6, 6.07) is 11.7. The zero-order valence-electron chi connectivity index (χ0n) is 11.7. The molecule has 2 aromatic carbocycles. The van der Waals surface area contributed by atoms with E-state index in [1.165, 1.54) is 11.8 Å². The summed E-state index contributed by atoms with van der Waals surface area (Å²) in [4.78, 5) is 13.1. The first-order valence-corrected chi connectivity index (χ1v) is 8.57. The number of amides is 1. The highest BCUT2D eigenvalue weighted by atomic mass is 79.9. The molecule has 2 nitrogen and oxygen atoms in total. The van der Waals surface area contributed by atoms with Crippen molar-refractivity contribution < 1.29 is 4.79 Å². The fraction of sp³-hybridized carbons (Fsp3) is 0.188. The Bertz CT molecular complexity index is 652. The highest BCUT2D eigenvalue weighted by molar-refractivity contribution is 9.10. The zero-order chi connectivity index (χ0) is 15.4. The van der Waals surface area contributed by atoms with Crippen LogP contribution in [0.2, 0.25) is 5.02 Å². The summed E-state index contributed by atoms with van der Waals surface area (Å²) in [6.07, 6.45) is 0. The number of hydrogen-bond acceptors (Lipinski definition) is 2. The van der Waals surface area contributed by atoms with Gasteiger partial charge in [-0.3, -0.25) is 4.79 Å². The number of rotatable bonds is 4. The van der Waals surface area contributed by atoms with E-state index in [9.17, 15) is 4.79 Å². The van der Waals surface area contributed by atoms with Crippen LogP contribution in [0.25, 0.3) is 0 Å².